The molecule has 0 aromatic heterocycles. The zero-order valence-corrected chi connectivity index (χ0v) is 21.2. The summed E-state index contributed by atoms with van der Waals surface area (Å²) in [5, 5.41) is 12.6. The van der Waals surface area contributed by atoms with Gasteiger partial charge in [-0.3, -0.25) is 9.69 Å². The molecule has 1 N–H and O–H groups in total. The fourth-order valence-corrected chi connectivity index (χ4v) is 7.91. The van der Waals surface area contributed by atoms with Crippen molar-refractivity contribution in [2.24, 2.45) is 5.92 Å². The van der Waals surface area contributed by atoms with Crippen LogP contribution in [0.15, 0.2) is 42.5 Å². The lowest BCUT2D eigenvalue weighted by Gasteiger charge is -2.64. The molecule has 1 saturated heterocycles. The second-order valence-corrected chi connectivity index (χ2v) is 11.8. The molecule has 5 atom stereocenters. The van der Waals surface area contributed by atoms with Crippen LogP contribution in [0.5, 0.6) is 5.75 Å². The van der Waals surface area contributed by atoms with E-state index < -0.39 is 11.0 Å². The molecule has 5 nitrogen and oxygen atoms in total. The van der Waals surface area contributed by atoms with Crippen LogP contribution in [0.2, 0.25) is 0 Å². The Morgan fingerprint density at radius 2 is 2.03 bits per heavy atom. The second-order valence-electron chi connectivity index (χ2n) is 11.8. The molecule has 7 rings (SSSR count). The van der Waals surface area contributed by atoms with Crippen molar-refractivity contribution >= 4 is 5.91 Å². The van der Waals surface area contributed by atoms with E-state index in [1.54, 1.807) is 4.90 Å². The summed E-state index contributed by atoms with van der Waals surface area (Å²) in [6, 6.07) is 14.3. The van der Waals surface area contributed by atoms with E-state index in [0.717, 1.165) is 48.7 Å². The van der Waals surface area contributed by atoms with Gasteiger partial charge in [0.25, 0.3) is 5.91 Å². The van der Waals surface area contributed by atoms with Gasteiger partial charge in [0.05, 0.1) is 17.1 Å². The van der Waals surface area contributed by atoms with Crippen molar-refractivity contribution in [3.8, 4) is 17.6 Å². The Kier molecular flexibility index (Phi) is 4.88. The lowest BCUT2D eigenvalue weighted by molar-refractivity contribution is -0.199. The first kappa shape index (κ1) is 22.4. The number of hydrogen-bond acceptors (Lipinski definition) is 4. The molecular formula is C31H34N2O3. The fraction of sp³-hybridized carbons (Fsp3) is 0.516. The molecular weight excluding hydrogens is 448 g/mol. The molecule has 186 valence electrons. The number of likely N-dealkylation sites (tertiary alicyclic amines) is 1. The average Bonchev–Trinajstić information content (AvgIpc) is 3.61. The van der Waals surface area contributed by atoms with Gasteiger partial charge < -0.3 is 14.7 Å². The van der Waals surface area contributed by atoms with Crippen molar-refractivity contribution in [1.82, 2.24) is 9.80 Å². The van der Waals surface area contributed by atoms with E-state index in [2.05, 4.69) is 34.9 Å². The lowest BCUT2D eigenvalue weighted by atomic mass is 9.48. The van der Waals surface area contributed by atoms with Crippen LogP contribution < -0.4 is 4.74 Å². The van der Waals surface area contributed by atoms with E-state index in [-0.39, 0.29) is 24.1 Å². The van der Waals surface area contributed by atoms with E-state index in [1.807, 2.05) is 38.2 Å². The number of carbonyl (C=O) groups is 1. The number of ether oxygens (including phenoxy) is 1. The van der Waals surface area contributed by atoms with Gasteiger partial charge in [-0.2, -0.15) is 0 Å². The summed E-state index contributed by atoms with van der Waals surface area (Å²) in [5.74, 6) is 7.43. The number of piperidine rings is 1. The third kappa shape index (κ3) is 3.07. The van der Waals surface area contributed by atoms with Crippen molar-refractivity contribution < 1.29 is 14.6 Å². The number of aliphatic hydroxyl groups is 1. The largest absolute Gasteiger partial charge is 0.487 e. The van der Waals surface area contributed by atoms with Gasteiger partial charge in [0.2, 0.25) is 0 Å². The zero-order valence-electron chi connectivity index (χ0n) is 21.2. The summed E-state index contributed by atoms with van der Waals surface area (Å²) in [5.41, 5.74) is 3.21. The quantitative estimate of drug-likeness (QED) is 0.681. The Hall–Kier alpha value is -2.81. The Morgan fingerprint density at radius 1 is 1.19 bits per heavy atom. The minimum Gasteiger partial charge on any atom is -0.487 e. The molecule has 1 spiro atoms. The van der Waals surface area contributed by atoms with Crippen LogP contribution in [0.3, 0.4) is 0 Å². The fourth-order valence-electron chi connectivity index (χ4n) is 7.91. The third-order valence-electron chi connectivity index (χ3n) is 9.78. The van der Waals surface area contributed by atoms with Gasteiger partial charge in [0, 0.05) is 36.7 Å². The standard InChI is InChI=1S/C31H34N2O3/c1-20-5-3-6-21(17-20)11-12-27(34)32(2)24-13-14-31(35)26-18-23-7-4-8-25-28(23)30(31,29(24)36-25)15-16-33(26)19-22-9-10-22/h3-8,17,22,24,26,29,35H,9-10,13-16,18-19H2,1-2H3/t24-,26+,29+,30+,31-/m1/s1. The number of nitrogens with zero attached hydrogens (tertiary/aromatic N) is 2. The molecule has 3 aliphatic carbocycles. The topological polar surface area (TPSA) is 53.0 Å². The maximum absolute atomic E-state index is 13.3. The summed E-state index contributed by atoms with van der Waals surface area (Å²) < 4.78 is 6.71. The normalized spacial score (nSPS) is 33.7. The van der Waals surface area contributed by atoms with Gasteiger partial charge in [-0.25, -0.2) is 0 Å². The minimum atomic E-state index is -0.835. The summed E-state index contributed by atoms with van der Waals surface area (Å²) in [6.07, 6.45) is 5.53. The predicted octanol–water partition coefficient (Wildman–Crippen LogP) is 3.44. The van der Waals surface area contributed by atoms with Crippen LogP contribution in [0, 0.1) is 24.7 Å². The Morgan fingerprint density at radius 3 is 2.83 bits per heavy atom. The van der Waals surface area contributed by atoms with Crippen LogP contribution in [0.25, 0.3) is 0 Å². The molecule has 5 aliphatic rings. The first-order chi connectivity index (χ1) is 17.4. The molecule has 2 saturated carbocycles. The number of amides is 1. The Labute approximate surface area is 213 Å². The number of benzene rings is 2. The molecule has 5 heteroatoms. The molecule has 2 heterocycles. The van der Waals surface area contributed by atoms with Crippen molar-refractivity contribution in [2.45, 2.75) is 74.7 Å². The summed E-state index contributed by atoms with van der Waals surface area (Å²) in [6.45, 7) is 4.10. The van der Waals surface area contributed by atoms with Gasteiger partial charge in [0.1, 0.15) is 11.9 Å². The zero-order chi connectivity index (χ0) is 24.7. The maximum Gasteiger partial charge on any atom is 0.298 e. The van der Waals surface area contributed by atoms with Gasteiger partial charge in [-0.05, 0) is 87.2 Å². The van der Waals surface area contributed by atoms with Crippen molar-refractivity contribution in [2.75, 3.05) is 20.1 Å². The summed E-state index contributed by atoms with van der Waals surface area (Å²) in [7, 11) is 1.86. The predicted molar refractivity (Wildman–Crippen MR) is 138 cm³/mol. The summed E-state index contributed by atoms with van der Waals surface area (Å²) >= 11 is 0. The molecule has 36 heavy (non-hydrogen) atoms. The first-order valence-corrected chi connectivity index (χ1v) is 13.5. The van der Waals surface area contributed by atoms with Crippen molar-refractivity contribution in [1.29, 1.82) is 0 Å². The van der Waals surface area contributed by atoms with E-state index in [9.17, 15) is 9.90 Å². The SMILES string of the molecule is Cc1cccc(C#CC(=O)N(C)[C@@H]2CC[C@@]3(O)[C@@H]4Cc5cccc6c5[C@@]3(CCN4CC3CC3)[C@H]2O6)c1. The second kappa shape index (κ2) is 7.84. The highest BCUT2D eigenvalue weighted by molar-refractivity contribution is 5.94. The van der Waals surface area contributed by atoms with Crippen molar-refractivity contribution in [3.05, 3.63) is 64.7 Å². The number of aryl methyl sites for hydroxylation is 1. The third-order valence-corrected chi connectivity index (χ3v) is 9.78. The molecule has 2 aromatic rings. The van der Waals surface area contributed by atoms with Crippen LogP contribution >= 0.6 is 0 Å². The van der Waals surface area contributed by atoms with Gasteiger partial charge in [0.15, 0.2) is 0 Å². The average molecular weight is 483 g/mol. The molecule has 2 aromatic carbocycles. The number of likely N-dealkylation sites (N-methyl/N-ethyl adjacent to an activating group) is 1. The van der Waals surface area contributed by atoms with E-state index >= 15 is 0 Å². The number of rotatable bonds is 3. The lowest BCUT2D eigenvalue weighted by Crippen LogP contribution is -2.78. The highest BCUT2D eigenvalue weighted by Gasteiger charge is 2.73. The van der Waals surface area contributed by atoms with Gasteiger partial charge in [-0.1, -0.05) is 30.2 Å². The van der Waals surface area contributed by atoms with E-state index in [1.165, 1.54) is 24.0 Å². The number of carbonyl (C=O) groups excluding carboxylic acids is 1. The van der Waals surface area contributed by atoms with Gasteiger partial charge in [-0.15, -0.1) is 0 Å². The number of hydrogen-bond donors (Lipinski definition) is 1. The van der Waals surface area contributed by atoms with Crippen LogP contribution in [0.4, 0.5) is 0 Å². The Bertz CT molecular complexity index is 1310. The molecule has 2 aliphatic heterocycles. The highest BCUT2D eigenvalue weighted by atomic mass is 16.5. The monoisotopic (exact) mass is 482 g/mol. The van der Waals surface area contributed by atoms with E-state index in [4.69, 9.17) is 4.74 Å². The Balaban J connectivity index is 1.24. The molecule has 0 radical (unpaired) electrons. The molecule has 3 fully saturated rings. The first-order valence-electron chi connectivity index (χ1n) is 13.5. The molecule has 1 amide bonds. The molecule has 2 bridgehead atoms. The smallest absolute Gasteiger partial charge is 0.298 e. The molecule has 0 unspecified atom stereocenters. The highest BCUT2D eigenvalue weighted by Crippen LogP contribution is 2.64. The maximum atomic E-state index is 13.3. The van der Waals surface area contributed by atoms with Crippen LogP contribution in [-0.2, 0) is 16.6 Å². The van der Waals surface area contributed by atoms with Crippen molar-refractivity contribution in [3.63, 3.8) is 0 Å². The minimum absolute atomic E-state index is 0.113. The summed E-state index contributed by atoms with van der Waals surface area (Å²) in [4.78, 5) is 17.6. The van der Waals surface area contributed by atoms with E-state index in [0.29, 0.717) is 12.8 Å². The van der Waals surface area contributed by atoms with Crippen LogP contribution in [-0.4, -0.2) is 64.7 Å². The van der Waals surface area contributed by atoms with Crippen LogP contribution in [0.1, 0.15) is 54.4 Å². The van der Waals surface area contributed by atoms with Gasteiger partial charge >= 0.3 is 0 Å².